The molecule has 0 atom stereocenters. The van der Waals surface area contributed by atoms with E-state index in [-0.39, 0.29) is 0 Å². The van der Waals surface area contributed by atoms with Gasteiger partial charge in [-0.2, -0.15) is 0 Å². The fourth-order valence-corrected chi connectivity index (χ4v) is 3.83. The maximum absolute atomic E-state index is 12.0. The van der Waals surface area contributed by atoms with Gasteiger partial charge in [0.1, 0.15) is 10.8 Å². The maximum Gasteiger partial charge on any atom is 0.407 e. The van der Waals surface area contributed by atoms with Crippen LogP contribution in [0.15, 0.2) is 48.7 Å². The van der Waals surface area contributed by atoms with Crippen molar-refractivity contribution in [3.8, 4) is 0 Å². The number of fused-ring (bicyclic) bond motifs is 3. The minimum atomic E-state index is -0.537. The topological polar surface area (TPSA) is 79.0 Å². The fraction of sp³-hybridized carbons (Fsp3) is 0.308. The Morgan fingerprint density at radius 3 is 2.47 bits per heavy atom. The number of anilines is 2. The lowest BCUT2D eigenvalue weighted by Crippen LogP contribution is -2.33. The summed E-state index contributed by atoms with van der Waals surface area (Å²) in [5.41, 5.74) is 4.24. The standard InChI is InChI=1S/C24H24Cl2N4O2.C2H6/c1-24(2,3)32-23(31)27-9-8-14-10-17(29-16-5-7-21(26)28-13-16)12-19-18-11-15(25)4-6-20(18)30-22(14)19;1-2/h4-7,10-13,29-30H,8-9H2,1-3H3,(H,27,31);1-2H3. The summed E-state index contributed by atoms with van der Waals surface area (Å²) in [5.74, 6) is 0. The van der Waals surface area contributed by atoms with E-state index >= 15 is 0 Å². The maximum atomic E-state index is 12.0. The summed E-state index contributed by atoms with van der Waals surface area (Å²) in [4.78, 5) is 19.7. The number of nitrogens with zero attached hydrogens (tertiary/aromatic N) is 1. The normalized spacial score (nSPS) is 11.1. The number of aromatic nitrogens is 2. The third-order valence-electron chi connectivity index (χ3n) is 4.83. The average Bonchev–Trinajstić information content (AvgIpc) is 3.13. The SMILES string of the molecule is CC.CC(C)(C)OC(=O)NCCc1cc(Nc2ccc(Cl)nc2)cc2c1[nH]c1ccc(Cl)cc12. The minimum absolute atomic E-state index is 0.432. The molecule has 34 heavy (non-hydrogen) atoms. The second-order valence-corrected chi connectivity index (χ2v) is 9.37. The van der Waals surface area contributed by atoms with Crippen LogP contribution in [0, 0.1) is 0 Å². The predicted molar refractivity (Wildman–Crippen MR) is 143 cm³/mol. The molecule has 0 bridgehead atoms. The molecule has 0 saturated carbocycles. The van der Waals surface area contributed by atoms with Crippen molar-refractivity contribution in [1.82, 2.24) is 15.3 Å². The molecule has 4 rings (SSSR count). The number of carbonyl (C=O) groups excluding carboxylic acids is 1. The van der Waals surface area contributed by atoms with Gasteiger partial charge in [-0.3, -0.25) is 0 Å². The van der Waals surface area contributed by atoms with Gasteiger partial charge in [-0.15, -0.1) is 0 Å². The summed E-state index contributed by atoms with van der Waals surface area (Å²) in [6, 6.07) is 13.5. The third-order valence-corrected chi connectivity index (χ3v) is 5.29. The van der Waals surface area contributed by atoms with Crippen LogP contribution in [0.3, 0.4) is 0 Å². The van der Waals surface area contributed by atoms with Gasteiger partial charge in [-0.1, -0.05) is 37.0 Å². The van der Waals surface area contributed by atoms with Crippen molar-refractivity contribution >= 4 is 62.5 Å². The van der Waals surface area contributed by atoms with E-state index in [0.29, 0.717) is 23.1 Å². The Bertz CT molecular complexity index is 1280. The molecule has 6 nitrogen and oxygen atoms in total. The summed E-state index contributed by atoms with van der Waals surface area (Å²) < 4.78 is 5.33. The Balaban J connectivity index is 0.00000158. The quantitative estimate of drug-likeness (QED) is 0.243. The Morgan fingerprint density at radius 1 is 1.03 bits per heavy atom. The summed E-state index contributed by atoms with van der Waals surface area (Å²) in [7, 11) is 0. The molecule has 4 aromatic rings. The number of nitrogens with one attached hydrogen (secondary N) is 3. The van der Waals surface area contributed by atoms with Gasteiger partial charge in [0.15, 0.2) is 0 Å². The molecule has 0 aliphatic carbocycles. The molecule has 0 saturated heterocycles. The number of rotatable bonds is 5. The number of hydrogen-bond donors (Lipinski definition) is 3. The first-order valence-electron chi connectivity index (χ1n) is 11.3. The van der Waals surface area contributed by atoms with E-state index < -0.39 is 11.7 Å². The molecule has 0 aliphatic rings. The minimum Gasteiger partial charge on any atom is -0.444 e. The summed E-state index contributed by atoms with van der Waals surface area (Å²) in [6.07, 6.45) is 1.87. The molecule has 2 aromatic heterocycles. The van der Waals surface area contributed by atoms with Crippen molar-refractivity contribution in [2.24, 2.45) is 0 Å². The van der Waals surface area contributed by atoms with Crippen LogP contribution in [0.4, 0.5) is 16.2 Å². The number of amides is 1. The van der Waals surface area contributed by atoms with E-state index in [1.165, 1.54) is 0 Å². The van der Waals surface area contributed by atoms with Crippen molar-refractivity contribution in [2.75, 3.05) is 11.9 Å². The molecule has 180 valence electrons. The first-order chi connectivity index (χ1) is 16.2. The van der Waals surface area contributed by atoms with Crippen LogP contribution in [-0.2, 0) is 11.2 Å². The van der Waals surface area contributed by atoms with Crippen LogP contribution in [0.2, 0.25) is 10.2 Å². The van der Waals surface area contributed by atoms with Crippen LogP contribution in [-0.4, -0.2) is 28.2 Å². The predicted octanol–water partition coefficient (Wildman–Crippen LogP) is 7.86. The summed E-state index contributed by atoms with van der Waals surface area (Å²) >= 11 is 12.2. The van der Waals surface area contributed by atoms with Gasteiger partial charge in [0, 0.05) is 39.1 Å². The number of alkyl carbamates (subject to hydrolysis) is 1. The molecule has 0 fully saturated rings. The Kier molecular flexibility index (Phi) is 8.28. The Morgan fingerprint density at radius 2 is 1.79 bits per heavy atom. The summed E-state index contributed by atoms with van der Waals surface area (Å²) in [5, 5.41) is 9.40. The third kappa shape index (κ3) is 6.55. The van der Waals surface area contributed by atoms with Crippen LogP contribution < -0.4 is 10.6 Å². The highest BCUT2D eigenvalue weighted by Crippen LogP contribution is 2.33. The van der Waals surface area contributed by atoms with Crippen molar-refractivity contribution in [1.29, 1.82) is 0 Å². The van der Waals surface area contributed by atoms with Gasteiger partial charge in [0.05, 0.1) is 11.9 Å². The molecule has 1 amide bonds. The number of aromatic amines is 1. The lowest BCUT2D eigenvalue weighted by molar-refractivity contribution is 0.0528. The van der Waals surface area contributed by atoms with Crippen LogP contribution in [0.25, 0.3) is 21.8 Å². The van der Waals surface area contributed by atoms with E-state index in [4.69, 9.17) is 27.9 Å². The molecule has 2 heterocycles. The number of pyridine rings is 1. The van der Waals surface area contributed by atoms with Gasteiger partial charge in [-0.25, -0.2) is 9.78 Å². The molecule has 2 aromatic carbocycles. The molecular weight excluding hydrogens is 471 g/mol. The number of carbonyl (C=O) groups is 1. The smallest absolute Gasteiger partial charge is 0.407 e. The number of benzene rings is 2. The molecule has 0 unspecified atom stereocenters. The van der Waals surface area contributed by atoms with E-state index in [2.05, 4.69) is 32.7 Å². The molecule has 8 heteroatoms. The van der Waals surface area contributed by atoms with Crippen molar-refractivity contribution in [3.05, 3.63) is 64.4 Å². The lowest BCUT2D eigenvalue weighted by Gasteiger charge is -2.19. The summed E-state index contributed by atoms with van der Waals surface area (Å²) in [6.45, 7) is 9.96. The van der Waals surface area contributed by atoms with Gasteiger partial charge in [0.2, 0.25) is 0 Å². The zero-order chi connectivity index (χ0) is 24.9. The van der Waals surface area contributed by atoms with Gasteiger partial charge >= 0.3 is 6.09 Å². The molecule has 0 spiro atoms. The van der Waals surface area contributed by atoms with E-state index in [1.807, 2.05) is 58.9 Å². The van der Waals surface area contributed by atoms with Crippen molar-refractivity contribution in [3.63, 3.8) is 0 Å². The monoisotopic (exact) mass is 500 g/mol. The molecule has 0 radical (unpaired) electrons. The lowest BCUT2D eigenvalue weighted by atomic mass is 10.0. The molecular formula is C26H30Cl2N4O2. The molecule has 0 aliphatic heterocycles. The highest BCUT2D eigenvalue weighted by Gasteiger charge is 2.16. The van der Waals surface area contributed by atoms with E-state index in [1.54, 1.807) is 12.3 Å². The first-order valence-corrected chi connectivity index (χ1v) is 12.0. The largest absolute Gasteiger partial charge is 0.444 e. The van der Waals surface area contributed by atoms with Crippen LogP contribution in [0.1, 0.15) is 40.2 Å². The van der Waals surface area contributed by atoms with Crippen LogP contribution in [0.5, 0.6) is 0 Å². The van der Waals surface area contributed by atoms with Gasteiger partial charge in [-0.05, 0) is 75.2 Å². The highest BCUT2D eigenvalue weighted by molar-refractivity contribution is 6.32. The number of hydrogen-bond acceptors (Lipinski definition) is 4. The van der Waals surface area contributed by atoms with E-state index in [0.717, 1.165) is 38.7 Å². The Hall–Kier alpha value is -2.96. The second-order valence-electron chi connectivity index (χ2n) is 8.55. The van der Waals surface area contributed by atoms with E-state index in [9.17, 15) is 4.79 Å². The zero-order valence-electron chi connectivity index (χ0n) is 20.1. The highest BCUT2D eigenvalue weighted by atomic mass is 35.5. The molecule has 3 N–H and O–H groups in total. The number of ether oxygens (including phenoxy) is 1. The number of halogens is 2. The average molecular weight is 501 g/mol. The van der Waals surface area contributed by atoms with Crippen molar-refractivity contribution in [2.45, 2.75) is 46.6 Å². The van der Waals surface area contributed by atoms with Gasteiger partial charge < -0.3 is 20.4 Å². The fourth-order valence-electron chi connectivity index (χ4n) is 3.54. The second kappa shape index (κ2) is 11.0. The van der Waals surface area contributed by atoms with Crippen molar-refractivity contribution < 1.29 is 9.53 Å². The number of H-pyrrole nitrogens is 1. The van der Waals surface area contributed by atoms with Crippen LogP contribution >= 0.6 is 23.2 Å². The first kappa shape index (κ1) is 25.7. The Labute approximate surface area is 210 Å². The van der Waals surface area contributed by atoms with Gasteiger partial charge in [0.25, 0.3) is 0 Å². The zero-order valence-corrected chi connectivity index (χ0v) is 21.6.